The zero-order chi connectivity index (χ0) is 16.9. The smallest absolute Gasteiger partial charge is 0.209 e. The Morgan fingerprint density at radius 2 is 1.48 bits per heavy atom. The van der Waals surface area contributed by atoms with Gasteiger partial charge in [-0.1, -0.05) is 54.6 Å². The Labute approximate surface area is 135 Å². The Bertz CT molecular complexity index is 796. The first kappa shape index (κ1) is 17.1. The Hall–Kier alpha value is -2.31. The third-order valence-corrected chi connectivity index (χ3v) is 3.85. The van der Waals surface area contributed by atoms with Crippen LogP contribution in [0, 0.1) is 0 Å². The molecule has 0 bridgehead atoms. The van der Waals surface area contributed by atoms with E-state index in [4.69, 9.17) is 0 Å². The molecule has 2 aromatic carbocycles. The molecule has 0 saturated carbocycles. The van der Waals surface area contributed by atoms with Crippen LogP contribution >= 0.6 is 0 Å². The van der Waals surface area contributed by atoms with E-state index < -0.39 is 10.0 Å². The van der Waals surface area contributed by atoms with Gasteiger partial charge in [-0.2, -0.15) is 0 Å². The minimum absolute atomic E-state index is 0.0813. The van der Waals surface area contributed by atoms with Gasteiger partial charge in [0.15, 0.2) is 11.6 Å². The predicted octanol–water partition coefficient (Wildman–Crippen LogP) is 1.58. The van der Waals surface area contributed by atoms with E-state index in [9.17, 15) is 18.0 Å². The Balaban J connectivity index is 2.00. The van der Waals surface area contributed by atoms with Crippen LogP contribution in [0.25, 0.3) is 0 Å². The number of hydrogen-bond donors (Lipinski definition) is 1. The zero-order valence-electron chi connectivity index (χ0n) is 12.7. The summed E-state index contributed by atoms with van der Waals surface area (Å²) in [5.41, 5.74) is 1.88. The molecule has 0 aromatic heterocycles. The third-order valence-electron chi connectivity index (χ3n) is 3.18. The number of carbonyl (C=O) groups is 2. The van der Waals surface area contributed by atoms with E-state index in [1.54, 1.807) is 48.5 Å². The molecule has 0 saturated heterocycles. The lowest BCUT2D eigenvalue weighted by molar-refractivity contribution is -0.117. The lowest BCUT2D eigenvalue weighted by Crippen LogP contribution is -2.29. The summed E-state index contributed by atoms with van der Waals surface area (Å²) in [4.78, 5) is 24.0. The Morgan fingerprint density at radius 3 is 2.04 bits per heavy atom. The monoisotopic (exact) mass is 331 g/mol. The fourth-order valence-electron chi connectivity index (χ4n) is 2.03. The van der Waals surface area contributed by atoms with Crippen LogP contribution in [-0.4, -0.2) is 32.8 Å². The van der Waals surface area contributed by atoms with Crippen molar-refractivity contribution in [3.8, 4) is 0 Å². The van der Waals surface area contributed by atoms with Gasteiger partial charge in [0.05, 0.1) is 12.8 Å². The van der Waals surface area contributed by atoms with Crippen LogP contribution in [0.5, 0.6) is 0 Å². The minimum atomic E-state index is -3.38. The molecule has 0 spiro atoms. The van der Waals surface area contributed by atoms with Crippen LogP contribution in [0.15, 0.2) is 54.6 Å². The second kappa shape index (κ2) is 7.30. The van der Waals surface area contributed by atoms with Crippen LogP contribution in [0.4, 0.5) is 0 Å². The maximum absolute atomic E-state index is 12.2. The molecule has 0 radical (unpaired) electrons. The van der Waals surface area contributed by atoms with Crippen molar-refractivity contribution in [2.75, 3.05) is 12.8 Å². The second-order valence-electron chi connectivity index (χ2n) is 5.20. The summed E-state index contributed by atoms with van der Waals surface area (Å²) in [7, 11) is -3.38. The van der Waals surface area contributed by atoms with Gasteiger partial charge in [0.1, 0.15) is 0 Å². The first-order valence-corrected chi connectivity index (χ1v) is 8.89. The highest BCUT2D eigenvalue weighted by Crippen LogP contribution is 2.11. The van der Waals surface area contributed by atoms with Crippen molar-refractivity contribution < 1.29 is 18.0 Å². The number of benzene rings is 2. The van der Waals surface area contributed by atoms with E-state index in [1.807, 2.05) is 6.07 Å². The SMILES string of the molecule is CS(=O)(=O)NCC(=O)Cc1ccc(C(=O)c2ccccc2)cc1. The highest BCUT2D eigenvalue weighted by molar-refractivity contribution is 7.88. The summed E-state index contributed by atoms with van der Waals surface area (Å²) < 4.78 is 24.0. The summed E-state index contributed by atoms with van der Waals surface area (Å²) >= 11 is 0. The average molecular weight is 331 g/mol. The van der Waals surface area contributed by atoms with E-state index in [-0.39, 0.29) is 24.5 Å². The number of sulfonamides is 1. The fourth-order valence-corrected chi connectivity index (χ4v) is 2.46. The van der Waals surface area contributed by atoms with E-state index in [0.717, 1.165) is 11.8 Å². The molecule has 6 heteroatoms. The molecule has 23 heavy (non-hydrogen) atoms. The maximum atomic E-state index is 12.2. The first-order valence-electron chi connectivity index (χ1n) is 7.00. The zero-order valence-corrected chi connectivity index (χ0v) is 13.5. The lowest BCUT2D eigenvalue weighted by atomic mass is 10.0. The molecular weight excluding hydrogens is 314 g/mol. The van der Waals surface area contributed by atoms with Gasteiger partial charge in [0, 0.05) is 17.5 Å². The summed E-state index contributed by atoms with van der Waals surface area (Å²) in [5.74, 6) is -0.320. The summed E-state index contributed by atoms with van der Waals surface area (Å²) in [6, 6.07) is 15.7. The molecule has 0 amide bonds. The van der Waals surface area contributed by atoms with Crippen molar-refractivity contribution in [2.45, 2.75) is 6.42 Å². The summed E-state index contributed by atoms with van der Waals surface area (Å²) in [6.07, 6.45) is 1.12. The van der Waals surface area contributed by atoms with Crippen LogP contribution < -0.4 is 4.72 Å². The number of hydrogen-bond acceptors (Lipinski definition) is 4. The van der Waals surface area contributed by atoms with Crippen molar-refractivity contribution in [1.82, 2.24) is 4.72 Å². The molecule has 5 nitrogen and oxygen atoms in total. The van der Waals surface area contributed by atoms with Gasteiger partial charge in [0.2, 0.25) is 10.0 Å². The van der Waals surface area contributed by atoms with Crippen molar-refractivity contribution in [2.24, 2.45) is 0 Å². The maximum Gasteiger partial charge on any atom is 0.209 e. The fraction of sp³-hybridized carbons (Fsp3) is 0.176. The van der Waals surface area contributed by atoms with Crippen LogP contribution in [0.2, 0.25) is 0 Å². The normalized spacial score (nSPS) is 11.2. The molecule has 0 fully saturated rings. The minimum Gasteiger partial charge on any atom is -0.298 e. The van der Waals surface area contributed by atoms with Crippen LogP contribution in [-0.2, 0) is 21.2 Å². The largest absolute Gasteiger partial charge is 0.298 e. The topological polar surface area (TPSA) is 80.3 Å². The predicted molar refractivity (Wildman–Crippen MR) is 87.9 cm³/mol. The van der Waals surface area contributed by atoms with Crippen molar-refractivity contribution in [1.29, 1.82) is 0 Å². The Kier molecular flexibility index (Phi) is 5.41. The summed E-state index contributed by atoms with van der Waals surface area (Å²) in [6.45, 7) is -0.233. The second-order valence-corrected chi connectivity index (χ2v) is 7.03. The standard InChI is InChI=1S/C17H17NO4S/c1-23(21,22)18-12-16(19)11-13-7-9-15(10-8-13)17(20)14-5-3-2-4-6-14/h2-10,18H,11-12H2,1H3. The molecule has 0 heterocycles. The number of Topliss-reactive ketones (excluding diaryl/α,β-unsaturated/α-hetero) is 1. The molecule has 2 rings (SSSR count). The molecule has 0 aliphatic carbocycles. The molecule has 1 N–H and O–H groups in total. The van der Waals surface area contributed by atoms with Crippen molar-refractivity contribution in [3.05, 3.63) is 71.3 Å². The Morgan fingerprint density at radius 1 is 0.913 bits per heavy atom. The van der Waals surface area contributed by atoms with Crippen molar-refractivity contribution in [3.63, 3.8) is 0 Å². The first-order chi connectivity index (χ1) is 10.8. The van der Waals surface area contributed by atoms with E-state index >= 15 is 0 Å². The molecule has 0 aliphatic rings. The molecule has 0 aliphatic heterocycles. The van der Waals surface area contributed by atoms with Gasteiger partial charge in [-0.3, -0.25) is 9.59 Å². The number of ketones is 2. The van der Waals surface area contributed by atoms with Gasteiger partial charge < -0.3 is 0 Å². The van der Waals surface area contributed by atoms with Crippen molar-refractivity contribution >= 4 is 21.6 Å². The lowest BCUT2D eigenvalue weighted by Gasteiger charge is -2.05. The van der Waals surface area contributed by atoms with Gasteiger partial charge >= 0.3 is 0 Å². The van der Waals surface area contributed by atoms with Gasteiger partial charge in [-0.05, 0) is 5.56 Å². The molecule has 120 valence electrons. The number of nitrogens with one attached hydrogen (secondary N) is 1. The van der Waals surface area contributed by atoms with E-state index in [1.165, 1.54) is 0 Å². The van der Waals surface area contributed by atoms with Crippen LogP contribution in [0.3, 0.4) is 0 Å². The third kappa shape index (κ3) is 5.43. The quantitative estimate of drug-likeness (QED) is 0.781. The number of carbonyl (C=O) groups excluding carboxylic acids is 2. The van der Waals surface area contributed by atoms with Gasteiger partial charge in [0.25, 0.3) is 0 Å². The highest BCUT2D eigenvalue weighted by atomic mass is 32.2. The van der Waals surface area contributed by atoms with Gasteiger partial charge in [-0.15, -0.1) is 0 Å². The van der Waals surface area contributed by atoms with E-state index in [2.05, 4.69) is 4.72 Å². The number of rotatable bonds is 7. The molecule has 0 unspecified atom stereocenters. The average Bonchev–Trinajstić information content (AvgIpc) is 2.53. The molecule has 2 aromatic rings. The van der Waals surface area contributed by atoms with E-state index in [0.29, 0.717) is 11.1 Å². The molecule has 0 atom stereocenters. The molecular formula is C17H17NO4S. The highest BCUT2D eigenvalue weighted by Gasteiger charge is 2.10. The van der Waals surface area contributed by atoms with Crippen LogP contribution in [0.1, 0.15) is 21.5 Å². The summed E-state index contributed by atoms with van der Waals surface area (Å²) in [5, 5.41) is 0. The van der Waals surface area contributed by atoms with Gasteiger partial charge in [-0.25, -0.2) is 13.1 Å².